The van der Waals surface area contributed by atoms with Crippen LogP contribution < -0.4 is 15.0 Å². The predicted octanol–water partition coefficient (Wildman–Crippen LogP) is 5.18. The monoisotopic (exact) mass is 427 g/mol. The molecule has 1 saturated heterocycles. The number of rotatable bonds is 4. The average molecular weight is 428 g/mol. The van der Waals surface area contributed by atoms with Crippen LogP contribution in [-0.4, -0.2) is 34.4 Å². The quantitative estimate of drug-likeness (QED) is 0.469. The minimum Gasteiger partial charge on any atom is -0.389 e. The van der Waals surface area contributed by atoms with Gasteiger partial charge in [0.25, 0.3) is 0 Å². The molecule has 0 unspecified atom stereocenters. The van der Waals surface area contributed by atoms with E-state index in [1.165, 1.54) is 5.56 Å². The van der Waals surface area contributed by atoms with E-state index in [9.17, 15) is 4.79 Å². The lowest BCUT2D eigenvalue weighted by Gasteiger charge is -2.22. The fourth-order valence-corrected chi connectivity index (χ4v) is 4.34. The number of benzene rings is 2. The van der Waals surface area contributed by atoms with Crippen LogP contribution in [0.3, 0.4) is 0 Å². The van der Waals surface area contributed by atoms with Gasteiger partial charge >= 0.3 is 6.09 Å². The lowest BCUT2D eigenvalue weighted by molar-refractivity contribution is 0.213. The van der Waals surface area contributed by atoms with Crippen molar-refractivity contribution in [1.82, 2.24) is 15.2 Å². The molecule has 0 aliphatic carbocycles. The molecule has 1 aliphatic heterocycles. The smallest absolute Gasteiger partial charge is 0.389 e. The molecule has 0 spiro atoms. The van der Waals surface area contributed by atoms with Gasteiger partial charge in [0.2, 0.25) is 5.88 Å². The van der Waals surface area contributed by atoms with Gasteiger partial charge < -0.3 is 9.64 Å². The number of fused-ring (bicyclic) bond motifs is 1. The summed E-state index contributed by atoms with van der Waals surface area (Å²) in [6, 6.07) is 20.2. The van der Waals surface area contributed by atoms with Crippen LogP contribution in [0.1, 0.15) is 29.3 Å². The largest absolute Gasteiger partial charge is 0.418 e. The van der Waals surface area contributed by atoms with E-state index in [1.807, 2.05) is 32.0 Å². The van der Waals surface area contributed by atoms with Crippen LogP contribution in [0.25, 0.3) is 10.9 Å². The summed E-state index contributed by atoms with van der Waals surface area (Å²) in [6.07, 6.45) is 0.531. The molecule has 162 valence electrons. The molecular formula is C25H25N5O2. The fraction of sp³-hybridized carbons (Fsp3) is 0.240. The van der Waals surface area contributed by atoms with E-state index < -0.39 is 6.09 Å². The lowest BCUT2D eigenvalue weighted by Crippen LogP contribution is -2.20. The van der Waals surface area contributed by atoms with Crippen LogP contribution in [0.15, 0.2) is 60.7 Å². The number of carbonyl (C=O) groups excluding carboxylic acids is 1. The van der Waals surface area contributed by atoms with Crippen LogP contribution in [0, 0.1) is 13.8 Å². The van der Waals surface area contributed by atoms with Crippen molar-refractivity contribution in [2.75, 3.05) is 23.3 Å². The van der Waals surface area contributed by atoms with Crippen LogP contribution >= 0.6 is 0 Å². The Morgan fingerprint density at radius 1 is 1.12 bits per heavy atom. The van der Waals surface area contributed by atoms with Crippen molar-refractivity contribution in [3.05, 3.63) is 77.6 Å². The minimum atomic E-state index is -0.581. The van der Waals surface area contributed by atoms with E-state index >= 15 is 0 Å². The fourth-order valence-electron chi connectivity index (χ4n) is 4.34. The highest BCUT2D eigenvalue weighted by atomic mass is 16.6. The lowest BCUT2D eigenvalue weighted by atomic mass is 9.99. The third-order valence-electron chi connectivity index (χ3n) is 5.84. The second-order valence-electron chi connectivity index (χ2n) is 8.26. The van der Waals surface area contributed by atoms with Crippen LogP contribution in [0.4, 0.5) is 16.2 Å². The van der Waals surface area contributed by atoms with E-state index in [2.05, 4.69) is 56.8 Å². The number of aromatic nitrogens is 3. The highest BCUT2D eigenvalue weighted by molar-refractivity contribution is 5.97. The summed E-state index contributed by atoms with van der Waals surface area (Å²) in [5.41, 5.74) is 5.88. The molecule has 0 bridgehead atoms. The standard InChI is InChI=1S/C25H25N5O2/c1-16-12-23(30-11-10-19(15-30)18-6-4-3-5-7-18)21-14-20(8-9-22(21)26-16)27-25(31)32-24-13-17(2)28-29-24/h3-9,12-14,19H,10-11,15H2,1-2H3,(H,27,31)(H,28,29)/t19-/m1/s1. The maximum Gasteiger partial charge on any atom is 0.418 e. The normalized spacial score (nSPS) is 15.8. The molecule has 0 radical (unpaired) electrons. The number of aryl methyl sites for hydroxylation is 2. The third kappa shape index (κ3) is 4.14. The number of carbonyl (C=O) groups is 1. The average Bonchev–Trinajstić information content (AvgIpc) is 3.43. The van der Waals surface area contributed by atoms with Gasteiger partial charge in [-0.1, -0.05) is 30.3 Å². The van der Waals surface area contributed by atoms with Crippen molar-refractivity contribution < 1.29 is 9.53 Å². The van der Waals surface area contributed by atoms with E-state index in [1.54, 1.807) is 6.07 Å². The second kappa shape index (κ2) is 8.34. The van der Waals surface area contributed by atoms with Crippen molar-refractivity contribution >= 4 is 28.4 Å². The highest BCUT2D eigenvalue weighted by Gasteiger charge is 2.25. The Morgan fingerprint density at radius 3 is 2.75 bits per heavy atom. The summed E-state index contributed by atoms with van der Waals surface area (Å²) in [6.45, 7) is 5.80. The molecule has 4 aromatic rings. The Balaban J connectivity index is 1.40. The summed E-state index contributed by atoms with van der Waals surface area (Å²) in [5, 5.41) is 10.5. The molecule has 0 saturated carbocycles. The molecule has 3 heterocycles. The molecule has 7 nitrogen and oxygen atoms in total. The molecule has 7 heteroatoms. The first-order chi connectivity index (χ1) is 15.5. The summed E-state index contributed by atoms with van der Waals surface area (Å²) in [7, 11) is 0. The van der Waals surface area contributed by atoms with Gasteiger partial charge in [-0.3, -0.25) is 15.4 Å². The van der Waals surface area contributed by atoms with Gasteiger partial charge in [0, 0.05) is 53.2 Å². The summed E-state index contributed by atoms with van der Waals surface area (Å²) in [4.78, 5) is 19.4. The topological polar surface area (TPSA) is 83.1 Å². The number of nitrogens with zero attached hydrogens (tertiary/aromatic N) is 3. The molecular weight excluding hydrogens is 402 g/mol. The first-order valence-electron chi connectivity index (χ1n) is 10.8. The van der Waals surface area contributed by atoms with Gasteiger partial charge in [-0.25, -0.2) is 4.79 Å². The molecule has 1 atom stereocenters. The molecule has 1 aliphatic rings. The Hall–Kier alpha value is -3.87. The SMILES string of the molecule is Cc1cc(N2CC[C@@H](c3ccccc3)C2)c2cc(NC(=O)Oc3cc(C)[nH]n3)ccc2n1. The maximum absolute atomic E-state index is 12.3. The van der Waals surface area contributed by atoms with Gasteiger partial charge in [-0.2, -0.15) is 0 Å². The van der Waals surface area contributed by atoms with E-state index in [4.69, 9.17) is 9.72 Å². The first-order valence-corrected chi connectivity index (χ1v) is 10.8. The number of hydrogen-bond acceptors (Lipinski definition) is 5. The molecule has 2 N–H and O–H groups in total. The first kappa shape index (κ1) is 20.1. The minimum absolute atomic E-state index is 0.239. The number of H-pyrrole nitrogens is 1. The Labute approximate surface area is 186 Å². The van der Waals surface area contributed by atoms with E-state index in [0.717, 1.165) is 47.5 Å². The van der Waals surface area contributed by atoms with Gasteiger partial charge in [-0.15, -0.1) is 5.10 Å². The number of hydrogen-bond donors (Lipinski definition) is 2. The number of nitrogens with one attached hydrogen (secondary N) is 2. The zero-order chi connectivity index (χ0) is 22.1. The Morgan fingerprint density at radius 2 is 1.97 bits per heavy atom. The van der Waals surface area contributed by atoms with E-state index in [-0.39, 0.29) is 5.88 Å². The van der Waals surface area contributed by atoms with Crippen molar-refractivity contribution in [3.8, 4) is 5.88 Å². The summed E-state index contributed by atoms with van der Waals surface area (Å²) >= 11 is 0. The van der Waals surface area contributed by atoms with Crippen LogP contribution in [-0.2, 0) is 0 Å². The summed E-state index contributed by atoms with van der Waals surface area (Å²) in [5.74, 6) is 0.746. The molecule has 2 aromatic carbocycles. The zero-order valence-electron chi connectivity index (χ0n) is 18.1. The molecule has 32 heavy (non-hydrogen) atoms. The van der Waals surface area contributed by atoms with Gasteiger partial charge in [0.1, 0.15) is 0 Å². The van der Waals surface area contributed by atoms with Gasteiger partial charge in [0.15, 0.2) is 0 Å². The maximum atomic E-state index is 12.3. The molecule has 2 aromatic heterocycles. The van der Waals surface area contributed by atoms with Gasteiger partial charge in [-0.05, 0) is 50.1 Å². The predicted molar refractivity (Wildman–Crippen MR) is 125 cm³/mol. The van der Waals surface area contributed by atoms with Crippen molar-refractivity contribution in [2.45, 2.75) is 26.2 Å². The van der Waals surface area contributed by atoms with Gasteiger partial charge in [0.05, 0.1) is 5.52 Å². The second-order valence-corrected chi connectivity index (χ2v) is 8.26. The number of ether oxygens (including phenoxy) is 1. The number of anilines is 2. The number of amides is 1. The van der Waals surface area contributed by atoms with E-state index in [0.29, 0.717) is 11.6 Å². The summed E-state index contributed by atoms with van der Waals surface area (Å²) < 4.78 is 5.24. The van der Waals surface area contributed by atoms with Crippen LogP contribution in [0.5, 0.6) is 5.88 Å². The number of aromatic amines is 1. The van der Waals surface area contributed by atoms with Crippen molar-refractivity contribution in [3.63, 3.8) is 0 Å². The molecule has 1 fully saturated rings. The molecule has 1 amide bonds. The Kier molecular flexibility index (Phi) is 5.23. The highest BCUT2D eigenvalue weighted by Crippen LogP contribution is 2.35. The number of pyridine rings is 1. The Bertz CT molecular complexity index is 1270. The third-order valence-corrected chi connectivity index (χ3v) is 5.84. The zero-order valence-corrected chi connectivity index (χ0v) is 18.1. The molecule has 5 rings (SSSR count). The van der Waals surface area contributed by atoms with Crippen molar-refractivity contribution in [1.29, 1.82) is 0 Å². The van der Waals surface area contributed by atoms with Crippen molar-refractivity contribution in [2.24, 2.45) is 0 Å². The van der Waals surface area contributed by atoms with Crippen LogP contribution in [0.2, 0.25) is 0 Å².